The van der Waals surface area contributed by atoms with Crippen LogP contribution in [0.5, 0.6) is 0 Å². The minimum Gasteiger partial charge on any atom is -0.353 e. The lowest BCUT2D eigenvalue weighted by molar-refractivity contribution is -0.131. The fraction of sp³-hybridized carbons (Fsp3) is 0.435. The number of fused-ring (bicyclic) bond motifs is 1. The molecule has 0 bridgehead atoms. The van der Waals surface area contributed by atoms with Gasteiger partial charge < -0.3 is 10.6 Å². The minimum absolute atomic E-state index is 0.0869. The van der Waals surface area contributed by atoms with Gasteiger partial charge in [0.1, 0.15) is 5.54 Å². The summed E-state index contributed by atoms with van der Waals surface area (Å²) in [5.74, 6) is -0.416. The molecule has 1 atom stereocenters. The third-order valence-corrected chi connectivity index (χ3v) is 6.14. The van der Waals surface area contributed by atoms with Crippen LogP contribution in [-0.2, 0) is 15.1 Å². The Hall–Kier alpha value is -2.89. The van der Waals surface area contributed by atoms with E-state index in [4.69, 9.17) is 0 Å². The molecule has 1 unspecified atom stereocenters. The molecule has 1 saturated heterocycles. The molecule has 29 heavy (non-hydrogen) atoms. The normalized spacial score (nSPS) is 22.7. The van der Waals surface area contributed by atoms with Gasteiger partial charge in [-0.25, -0.2) is 4.79 Å². The largest absolute Gasteiger partial charge is 0.353 e. The predicted molar refractivity (Wildman–Crippen MR) is 111 cm³/mol. The fourth-order valence-electron chi connectivity index (χ4n) is 4.50. The van der Waals surface area contributed by atoms with Crippen molar-refractivity contribution in [2.45, 2.75) is 57.0 Å². The first-order chi connectivity index (χ1) is 14.0. The Labute approximate surface area is 170 Å². The zero-order valence-electron chi connectivity index (χ0n) is 16.7. The van der Waals surface area contributed by atoms with Crippen molar-refractivity contribution in [3.05, 3.63) is 48.0 Å². The second-order valence-corrected chi connectivity index (χ2v) is 8.19. The lowest BCUT2D eigenvalue weighted by Gasteiger charge is -2.24. The molecule has 0 radical (unpaired) electrons. The summed E-state index contributed by atoms with van der Waals surface area (Å²) in [4.78, 5) is 39.2. The van der Waals surface area contributed by atoms with E-state index in [1.54, 1.807) is 6.92 Å². The Bertz CT molecular complexity index is 946. The van der Waals surface area contributed by atoms with E-state index < -0.39 is 11.6 Å². The zero-order chi connectivity index (χ0) is 20.4. The highest BCUT2D eigenvalue weighted by Gasteiger charge is 2.49. The van der Waals surface area contributed by atoms with E-state index in [1.807, 2.05) is 42.5 Å². The molecule has 2 aliphatic rings. The summed E-state index contributed by atoms with van der Waals surface area (Å²) in [6, 6.07) is 13.3. The molecule has 0 aromatic heterocycles. The molecule has 0 spiro atoms. The van der Waals surface area contributed by atoms with Gasteiger partial charge in [0.2, 0.25) is 5.91 Å². The second kappa shape index (κ2) is 7.85. The summed E-state index contributed by atoms with van der Waals surface area (Å²) in [7, 11) is 0. The molecule has 2 N–H and O–H groups in total. The molecular weight excluding hydrogens is 366 g/mol. The number of carbonyl (C=O) groups excluding carboxylic acids is 3. The first kappa shape index (κ1) is 19.4. The number of imide groups is 1. The number of nitrogens with one attached hydrogen (secondary N) is 2. The number of hydrogen-bond donors (Lipinski definition) is 2. The molecule has 1 saturated carbocycles. The number of hydrogen-bond acceptors (Lipinski definition) is 3. The van der Waals surface area contributed by atoms with Crippen molar-refractivity contribution in [1.29, 1.82) is 0 Å². The van der Waals surface area contributed by atoms with Crippen LogP contribution in [0.4, 0.5) is 4.79 Å². The number of rotatable bonds is 5. The van der Waals surface area contributed by atoms with Crippen LogP contribution >= 0.6 is 0 Å². The average Bonchev–Trinajstić information content (AvgIpc) is 2.95. The number of nitrogens with zero attached hydrogens (tertiary/aromatic N) is 1. The third-order valence-electron chi connectivity index (χ3n) is 6.14. The molecule has 6 nitrogen and oxygen atoms in total. The quantitative estimate of drug-likeness (QED) is 0.764. The molecule has 2 aromatic rings. The predicted octanol–water partition coefficient (Wildman–Crippen LogP) is 3.45. The molecule has 1 aliphatic heterocycles. The molecule has 152 valence electrons. The Kier molecular flexibility index (Phi) is 5.26. The maximum atomic E-state index is 13.2. The standard InChI is InChI=1S/C23H27N3O3/c1-23(19-13-7-9-16-8-5-6-12-18(16)19)21(28)26(22(29)25-23)15-14-20(27)24-17-10-3-2-4-11-17/h5-9,12-13,17H,2-4,10-11,14-15H2,1H3,(H,24,27)(H,25,29). The third kappa shape index (κ3) is 3.71. The highest BCUT2D eigenvalue weighted by molar-refractivity contribution is 6.09. The van der Waals surface area contributed by atoms with Crippen LogP contribution in [0, 0.1) is 0 Å². The van der Waals surface area contributed by atoms with Crippen molar-refractivity contribution < 1.29 is 14.4 Å². The molecule has 4 rings (SSSR count). The second-order valence-electron chi connectivity index (χ2n) is 8.19. The van der Waals surface area contributed by atoms with Crippen LogP contribution in [-0.4, -0.2) is 35.3 Å². The average molecular weight is 393 g/mol. The van der Waals surface area contributed by atoms with Crippen molar-refractivity contribution in [2.24, 2.45) is 0 Å². The van der Waals surface area contributed by atoms with Gasteiger partial charge in [0, 0.05) is 19.0 Å². The number of urea groups is 1. The van der Waals surface area contributed by atoms with E-state index in [0.717, 1.165) is 42.0 Å². The highest BCUT2D eigenvalue weighted by atomic mass is 16.2. The van der Waals surface area contributed by atoms with E-state index in [0.29, 0.717) is 0 Å². The molecular formula is C23H27N3O3. The molecule has 2 fully saturated rings. The molecule has 4 amide bonds. The minimum atomic E-state index is -1.14. The van der Waals surface area contributed by atoms with Crippen LogP contribution in [0.15, 0.2) is 42.5 Å². The van der Waals surface area contributed by atoms with Crippen molar-refractivity contribution >= 4 is 28.6 Å². The van der Waals surface area contributed by atoms with Crippen molar-refractivity contribution in [1.82, 2.24) is 15.5 Å². The lowest BCUT2D eigenvalue weighted by Crippen LogP contribution is -2.42. The fourth-order valence-corrected chi connectivity index (χ4v) is 4.50. The van der Waals surface area contributed by atoms with Gasteiger partial charge in [0.25, 0.3) is 5.91 Å². The monoisotopic (exact) mass is 393 g/mol. The van der Waals surface area contributed by atoms with Crippen molar-refractivity contribution in [2.75, 3.05) is 6.54 Å². The Morgan fingerprint density at radius 1 is 1.10 bits per heavy atom. The topological polar surface area (TPSA) is 78.5 Å². The Balaban J connectivity index is 1.47. The van der Waals surface area contributed by atoms with E-state index in [1.165, 1.54) is 11.3 Å². The summed E-state index contributed by atoms with van der Waals surface area (Å²) < 4.78 is 0. The zero-order valence-corrected chi connectivity index (χ0v) is 16.7. The van der Waals surface area contributed by atoms with Gasteiger partial charge in [-0.05, 0) is 36.1 Å². The van der Waals surface area contributed by atoms with Gasteiger partial charge in [0.15, 0.2) is 0 Å². The first-order valence-electron chi connectivity index (χ1n) is 10.4. The first-order valence-corrected chi connectivity index (χ1v) is 10.4. The maximum Gasteiger partial charge on any atom is 0.325 e. The molecule has 1 aliphatic carbocycles. The molecule has 6 heteroatoms. The number of benzene rings is 2. The van der Waals surface area contributed by atoms with Gasteiger partial charge in [-0.15, -0.1) is 0 Å². The SMILES string of the molecule is CC1(c2cccc3ccccc23)NC(=O)N(CCC(=O)NC2CCCCC2)C1=O. The summed E-state index contributed by atoms with van der Waals surface area (Å²) in [5, 5.41) is 7.84. The van der Waals surface area contributed by atoms with Crippen LogP contribution in [0.2, 0.25) is 0 Å². The van der Waals surface area contributed by atoms with Crippen LogP contribution < -0.4 is 10.6 Å². The molecule has 2 aromatic carbocycles. The van der Waals surface area contributed by atoms with Crippen LogP contribution in [0.25, 0.3) is 10.8 Å². The van der Waals surface area contributed by atoms with Gasteiger partial charge in [-0.3, -0.25) is 14.5 Å². The van der Waals surface area contributed by atoms with Gasteiger partial charge in [-0.1, -0.05) is 61.7 Å². The van der Waals surface area contributed by atoms with Gasteiger partial charge in [-0.2, -0.15) is 0 Å². The molecule has 1 heterocycles. The summed E-state index contributed by atoms with van der Waals surface area (Å²) in [6.45, 7) is 1.82. The maximum absolute atomic E-state index is 13.2. The van der Waals surface area contributed by atoms with E-state index in [9.17, 15) is 14.4 Å². The smallest absolute Gasteiger partial charge is 0.325 e. The highest BCUT2D eigenvalue weighted by Crippen LogP contribution is 2.33. The summed E-state index contributed by atoms with van der Waals surface area (Å²) >= 11 is 0. The Morgan fingerprint density at radius 2 is 1.83 bits per heavy atom. The summed E-state index contributed by atoms with van der Waals surface area (Å²) in [6.07, 6.45) is 5.65. The van der Waals surface area contributed by atoms with E-state index in [-0.39, 0.29) is 30.8 Å². The van der Waals surface area contributed by atoms with E-state index >= 15 is 0 Å². The van der Waals surface area contributed by atoms with Crippen LogP contribution in [0.3, 0.4) is 0 Å². The van der Waals surface area contributed by atoms with Gasteiger partial charge >= 0.3 is 6.03 Å². The lowest BCUT2D eigenvalue weighted by atomic mass is 9.88. The van der Waals surface area contributed by atoms with Crippen molar-refractivity contribution in [3.8, 4) is 0 Å². The number of carbonyl (C=O) groups is 3. The van der Waals surface area contributed by atoms with Crippen LogP contribution in [0.1, 0.15) is 51.0 Å². The number of amides is 4. The summed E-state index contributed by atoms with van der Waals surface area (Å²) in [5.41, 5.74) is -0.374. The van der Waals surface area contributed by atoms with Crippen molar-refractivity contribution in [3.63, 3.8) is 0 Å². The van der Waals surface area contributed by atoms with E-state index in [2.05, 4.69) is 10.6 Å². The Morgan fingerprint density at radius 3 is 2.62 bits per heavy atom. The van der Waals surface area contributed by atoms with Gasteiger partial charge in [0.05, 0.1) is 0 Å².